The zero-order chi connectivity index (χ0) is 22.5. The van der Waals surface area contributed by atoms with E-state index in [0.29, 0.717) is 21.6 Å². The van der Waals surface area contributed by atoms with Crippen LogP contribution in [0, 0.1) is 15.9 Å². The summed E-state index contributed by atoms with van der Waals surface area (Å²) in [5, 5.41) is 20.3. The molecule has 4 aromatic rings. The monoisotopic (exact) mass is 451 g/mol. The number of ether oxygens (including phenoxy) is 1. The Hall–Kier alpha value is -4.18. The SMILES string of the molecule is O=C(OCc1nnc(-c2ccc([N+](=O)[O-])cc2)o1)/C(=C/c1ccc(F)cc1)c1cccs1. The molecule has 0 atom stereocenters. The summed E-state index contributed by atoms with van der Waals surface area (Å²) in [5.74, 6) is -0.764. The number of nitro benzene ring substituents is 1. The highest BCUT2D eigenvalue weighted by Crippen LogP contribution is 2.25. The molecule has 0 saturated heterocycles. The standard InChI is InChI=1S/C22H14FN3O5S/c23-16-7-3-14(4-8-16)12-18(19-2-1-11-32-19)22(27)30-13-20-24-25-21(31-20)15-5-9-17(10-6-15)26(28)29/h1-12H,13H2/b18-12+. The molecule has 2 aromatic carbocycles. The fourth-order valence-electron chi connectivity index (χ4n) is 2.75. The molecular formula is C22H14FN3O5S. The molecule has 10 heteroatoms. The zero-order valence-electron chi connectivity index (χ0n) is 16.3. The number of hydrogen-bond acceptors (Lipinski definition) is 8. The number of nitro groups is 1. The summed E-state index contributed by atoms with van der Waals surface area (Å²) in [6, 6.07) is 14.9. The average Bonchev–Trinajstić information content (AvgIpc) is 3.49. The second kappa shape index (κ2) is 9.31. The number of aromatic nitrogens is 2. The Morgan fingerprint density at radius 3 is 2.53 bits per heavy atom. The largest absolute Gasteiger partial charge is 0.452 e. The van der Waals surface area contributed by atoms with Crippen LogP contribution in [0.15, 0.2) is 70.5 Å². The van der Waals surface area contributed by atoms with Gasteiger partial charge in [0.25, 0.3) is 11.6 Å². The highest BCUT2D eigenvalue weighted by molar-refractivity contribution is 7.11. The number of non-ortho nitro benzene ring substituents is 1. The molecule has 0 aliphatic carbocycles. The van der Waals surface area contributed by atoms with Crippen molar-refractivity contribution in [2.45, 2.75) is 6.61 Å². The molecular weight excluding hydrogens is 437 g/mol. The average molecular weight is 451 g/mol. The lowest BCUT2D eigenvalue weighted by molar-refractivity contribution is -0.384. The number of nitrogens with zero attached hydrogens (tertiary/aromatic N) is 3. The van der Waals surface area contributed by atoms with Gasteiger partial charge in [0.05, 0.1) is 10.5 Å². The van der Waals surface area contributed by atoms with Crippen LogP contribution in [0.1, 0.15) is 16.3 Å². The number of thiophene rings is 1. The van der Waals surface area contributed by atoms with Crippen LogP contribution in [-0.4, -0.2) is 21.1 Å². The topological polar surface area (TPSA) is 108 Å². The van der Waals surface area contributed by atoms with Crippen molar-refractivity contribution in [1.82, 2.24) is 10.2 Å². The summed E-state index contributed by atoms with van der Waals surface area (Å²) in [4.78, 5) is 23.7. The maximum atomic E-state index is 13.2. The number of halogens is 1. The lowest BCUT2D eigenvalue weighted by Gasteiger charge is -2.06. The van der Waals surface area contributed by atoms with E-state index in [0.717, 1.165) is 0 Å². The normalized spacial score (nSPS) is 11.3. The summed E-state index contributed by atoms with van der Waals surface area (Å²) < 4.78 is 24.0. The van der Waals surface area contributed by atoms with E-state index in [4.69, 9.17) is 9.15 Å². The summed E-state index contributed by atoms with van der Waals surface area (Å²) in [7, 11) is 0. The molecule has 0 N–H and O–H groups in total. The van der Waals surface area contributed by atoms with Crippen molar-refractivity contribution in [2.24, 2.45) is 0 Å². The zero-order valence-corrected chi connectivity index (χ0v) is 17.1. The van der Waals surface area contributed by atoms with Gasteiger partial charge in [-0.05, 0) is 47.4 Å². The summed E-state index contributed by atoms with van der Waals surface area (Å²) >= 11 is 1.37. The van der Waals surface area contributed by atoms with Crippen molar-refractivity contribution in [3.63, 3.8) is 0 Å². The van der Waals surface area contributed by atoms with Gasteiger partial charge in [-0.2, -0.15) is 0 Å². The Bertz CT molecular complexity index is 1270. The van der Waals surface area contributed by atoms with Gasteiger partial charge < -0.3 is 9.15 Å². The predicted octanol–water partition coefficient (Wildman–Crippen LogP) is 5.13. The van der Waals surface area contributed by atoms with E-state index in [9.17, 15) is 19.3 Å². The van der Waals surface area contributed by atoms with Crippen LogP contribution in [0.3, 0.4) is 0 Å². The molecule has 0 fully saturated rings. The quantitative estimate of drug-likeness (QED) is 0.166. The Morgan fingerprint density at radius 1 is 1.12 bits per heavy atom. The molecule has 4 rings (SSSR count). The van der Waals surface area contributed by atoms with Crippen molar-refractivity contribution in [2.75, 3.05) is 0 Å². The third kappa shape index (κ3) is 4.93. The van der Waals surface area contributed by atoms with Crippen LogP contribution in [0.25, 0.3) is 23.1 Å². The summed E-state index contributed by atoms with van der Waals surface area (Å²) in [6.07, 6.45) is 1.61. The minimum Gasteiger partial charge on any atom is -0.452 e. The molecule has 0 saturated carbocycles. The first-order chi connectivity index (χ1) is 15.5. The first-order valence-electron chi connectivity index (χ1n) is 9.25. The molecule has 0 bridgehead atoms. The molecule has 0 aliphatic heterocycles. The molecule has 0 aliphatic rings. The molecule has 0 spiro atoms. The van der Waals surface area contributed by atoms with Crippen LogP contribution >= 0.6 is 11.3 Å². The van der Waals surface area contributed by atoms with E-state index in [1.54, 1.807) is 30.3 Å². The van der Waals surface area contributed by atoms with Crippen molar-refractivity contribution in [1.29, 1.82) is 0 Å². The highest BCUT2D eigenvalue weighted by Gasteiger charge is 2.17. The number of benzene rings is 2. The van der Waals surface area contributed by atoms with Crippen LogP contribution in [0.4, 0.5) is 10.1 Å². The van der Waals surface area contributed by atoms with Gasteiger partial charge in [0.1, 0.15) is 5.82 Å². The lowest BCUT2D eigenvalue weighted by Crippen LogP contribution is -2.07. The number of hydrogen-bond donors (Lipinski definition) is 0. The van der Waals surface area contributed by atoms with E-state index in [1.807, 2.05) is 5.38 Å². The van der Waals surface area contributed by atoms with Gasteiger partial charge in [0.15, 0.2) is 6.61 Å². The maximum Gasteiger partial charge on any atom is 0.340 e. The van der Waals surface area contributed by atoms with Crippen LogP contribution in [-0.2, 0) is 16.1 Å². The van der Waals surface area contributed by atoms with Gasteiger partial charge in [-0.1, -0.05) is 18.2 Å². The highest BCUT2D eigenvalue weighted by atomic mass is 32.1. The van der Waals surface area contributed by atoms with E-state index < -0.39 is 10.9 Å². The first kappa shape index (κ1) is 21.1. The Kier molecular flexibility index (Phi) is 6.13. The number of rotatable bonds is 7. The molecule has 32 heavy (non-hydrogen) atoms. The predicted molar refractivity (Wildman–Crippen MR) is 115 cm³/mol. The number of esters is 1. The van der Waals surface area contributed by atoms with Crippen molar-refractivity contribution < 1.29 is 23.3 Å². The lowest BCUT2D eigenvalue weighted by atomic mass is 10.1. The summed E-state index contributed by atoms with van der Waals surface area (Å²) in [5.41, 5.74) is 1.39. The van der Waals surface area contributed by atoms with Gasteiger partial charge >= 0.3 is 5.97 Å². The number of carbonyl (C=O) groups is 1. The van der Waals surface area contributed by atoms with E-state index >= 15 is 0 Å². The van der Waals surface area contributed by atoms with E-state index in [1.165, 1.54) is 47.7 Å². The van der Waals surface area contributed by atoms with E-state index in [-0.39, 0.29) is 29.9 Å². The van der Waals surface area contributed by atoms with Crippen LogP contribution in [0.5, 0.6) is 0 Å². The van der Waals surface area contributed by atoms with Crippen LogP contribution < -0.4 is 0 Å². The van der Waals surface area contributed by atoms with Gasteiger partial charge in [-0.25, -0.2) is 9.18 Å². The summed E-state index contributed by atoms with van der Waals surface area (Å²) in [6.45, 7) is -0.259. The third-order valence-electron chi connectivity index (χ3n) is 4.31. The molecule has 0 unspecified atom stereocenters. The Labute approximate surface area is 184 Å². The second-order valence-electron chi connectivity index (χ2n) is 6.47. The van der Waals surface area contributed by atoms with Crippen LogP contribution in [0.2, 0.25) is 0 Å². The van der Waals surface area contributed by atoms with Gasteiger partial charge in [-0.3, -0.25) is 10.1 Å². The molecule has 0 radical (unpaired) electrons. The van der Waals surface area contributed by atoms with Gasteiger partial charge in [-0.15, -0.1) is 21.5 Å². The molecule has 160 valence electrons. The Balaban J connectivity index is 1.48. The Morgan fingerprint density at radius 2 is 1.88 bits per heavy atom. The molecule has 0 amide bonds. The van der Waals surface area contributed by atoms with Gasteiger partial charge in [0.2, 0.25) is 5.89 Å². The smallest absolute Gasteiger partial charge is 0.340 e. The first-order valence-corrected chi connectivity index (χ1v) is 10.1. The minimum absolute atomic E-state index is 0.0588. The fourth-order valence-corrected chi connectivity index (χ4v) is 3.48. The molecule has 2 aromatic heterocycles. The fraction of sp³-hybridized carbons (Fsp3) is 0.0455. The van der Waals surface area contributed by atoms with Crippen molar-refractivity contribution >= 4 is 34.6 Å². The van der Waals surface area contributed by atoms with E-state index in [2.05, 4.69) is 10.2 Å². The third-order valence-corrected chi connectivity index (χ3v) is 5.21. The molecule has 2 heterocycles. The van der Waals surface area contributed by atoms with Crippen molar-refractivity contribution in [3.05, 3.63) is 98.3 Å². The second-order valence-corrected chi connectivity index (χ2v) is 7.42. The number of carbonyl (C=O) groups excluding carboxylic acids is 1. The van der Waals surface area contributed by atoms with Crippen molar-refractivity contribution in [3.8, 4) is 11.5 Å². The maximum absolute atomic E-state index is 13.2. The molecule has 8 nitrogen and oxygen atoms in total. The van der Waals surface area contributed by atoms with Gasteiger partial charge in [0, 0.05) is 22.6 Å². The minimum atomic E-state index is -0.605.